The Morgan fingerprint density at radius 3 is 2.62 bits per heavy atom. The molecule has 29 heavy (non-hydrogen) atoms. The van der Waals surface area contributed by atoms with E-state index in [1.54, 1.807) is 17.4 Å². The average molecular weight is 455 g/mol. The Morgan fingerprint density at radius 1 is 1.24 bits per heavy atom. The van der Waals surface area contributed by atoms with Crippen molar-refractivity contribution in [1.29, 1.82) is 0 Å². The van der Waals surface area contributed by atoms with E-state index in [4.69, 9.17) is 11.6 Å². The molecule has 2 N–H and O–H groups in total. The zero-order valence-corrected chi connectivity index (χ0v) is 19.6. The summed E-state index contributed by atoms with van der Waals surface area (Å²) in [6.45, 7) is 10.7. The Balaban J connectivity index is 0.00000300. The third-order valence-corrected chi connectivity index (χ3v) is 6.31. The smallest absolute Gasteiger partial charge is 0.197 e. The highest BCUT2D eigenvalue weighted by Gasteiger charge is 2.17. The van der Waals surface area contributed by atoms with Crippen LogP contribution in [0.25, 0.3) is 20.2 Å². The van der Waals surface area contributed by atoms with E-state index in [0.29, 0.717) is 23.5 Å². The van der Waals surface area contributed by atoms with Crippen molar-refractivity contribution in [3.8, 4) is 0 Å². The normalized spacial score (nSPS) is 11.8. The minimum absolute atomic E-state index is 0. The molecule has 0 unspecified atom stereocenters. The second-order valence-corrected chi connectivity index (χ2v) is 9.30. The lowest BCUT2D eigenvalue weighted by Gasteiger charge is -2.28. The van der Waals surface area contributed by atoms with E-state index >= 15 is 0 Å². The van der Waals surface area contributed by atoms with E-state index in [0.717, 1.165) is 39.1 Å². The maximum absolute atomic E-state index is 13.2. The number of fused-ring (bicyclic) bond motifs is 2. The summed E-state index contributed by atoms with van der Waals surface area (Å²) in [5, 5.41) is 15.6. The lowest BCUT2D eigenvalue weighted by atomic mass is 10.1. The zero-order valence-electron chi connectivity index (χ0n) is 17.2. The van der Waals surface area contributed by atoms with Crippen molar-refractivity contribution in [2.24, 2.45) is 0 Å². The summed E-state index contributed by atoms with van der Waals surface area (Å²) in [5.41, 5.74) is 1.26. The quantitative estimate of drug-likeness (QED) is 0.475. The van der Waals surface area contributed by atoms with E-state index in [1.165, 1.54) is 0 Å². The molecule has 0 spiro atoms. The molecule has 3 rings (SSSR count). The fourth-order valence-corrected chi connectivity index (χ4v) is 4.90. The molecule has 158 valence electrons. The van der Waals surface area contributed by atoms with Gasteiger partial charge in [-0.25, -0.2) is 0 Å². The number of likely N-dealkylation sites (N-methyl/N-ethyl adjacent to an activating group) is 1. The molecule has 0 radical (unpaired) electrons. The standard InChI is InChI=1S/C22H27ClN2O2S.ClH/c1-5-25(13-22(3,4)27)11-10-24-17-9-6-14(2)21-19(17)20(26)16-8-7-15(23)12-18(16)28-21;/h6-9,12,24,27H,5,10-11,13H2,1-4H3;1H. The predicted molar refractivity (Wildman–Crippen MR) is 129 cm³/mol. The van der Waals surface area contributed by atoms with Crippen LogP contribution in [-0.2, 0) is 0 Å². The van der Waals surface area contributed by atoms with Gasteiger partial charge in [-0.2, -0.15) is 0 Å². The molecule has 0 atom stereocenters. The molecule has 0 saturated carbocycles. The van der Waals surface area contributed by atoms with Gasteiger partial charge < -0.3 is 10.4 Å². The van der Waals surface area contributed by atoms with Crippen molar-refractivity contribution >= 4 is 61.2 Å². The number of nitrogens with zero attached hydrogens (tertiary/aromatic N) is 1. The van der Waals surface area contributed by atoms with Gasteiger partial charge in [-0.15, -0.1) is 23.7 Å². The van der Waals surface area contributed by atoms with Crippen molar-refractivity contribution in [3.05, 3.63) is 51.1 Å². The van der Waals surface area contributed by atoms with Gasteiger partial charge in [0.2, 0.25) is 0 Å². The molecule has 2 aromatic carbocycles. The van der Waals surface area contributed by atoms with Crippen molar-refractivity contribution in [3.63, 3.8) is 0 Å². The molecule has 0 saturated heterocycles. The molecule has 4 nitrogen and oxygen atoms in total. The molecule has 7 heteroatoms. The first-order valence-corrected chi connectivity index (χ1v) is 10.7. The minimum Gasteiger partial charge on any atom is -0.389 e. The first-order valence-electron chi connectivity index (χ1n) is 9.54. The van der Waals surface area contributed by atoms with Crippen LogP contribution in [0.4, 0.5) is 5.69 Å². The second kappa shape index (κ2) is 9.63. The van der Waals surface area contributed by atoms with Gasteiger partial charge in [0, 0.05) is 45.1 Å². The maximum Gasteiger partial charge on any atom is 0.197 e. The summed E-state index contributed by atoms with van der Waals surface area (Å²) < 4.78 is 1.90. The number of halogens is 2. The molecule has 3 aromatic rings. The van der Waals surface area contributed by atoms with Gasteiger partial charge in [0.15, 0.2) is 5.43 Å². The van der Waals surface area contributed by atoms with Crippen LogP contribution >= 0.6 is 35.3 Å². The van der Waals surface area contributed by atoms with Crippen LogP contribution in [0.1, 0.15) is 26.3 Å². The molecule has 0 aliphatic heterocycles. The molecular weight excluding hydrogens is 427 g/mol. The third kappa shape index (κ3) is 5.62. The summed E-state index contributed by atoms with van der Waals surface area (Å²) in [6.07, 6.45) is 0. The zero-order chi connectivity index (χ0) is 20.5. The van der Waals surface area contributed by atoms with Crippen LogP contribution in [0.2, 0.25) is 5.02 Å². The van der Waals surface area contributed by atoms with E-state index in [9.17, 15) is 9.90 Å². The molecule has 1 aromatic heterocycles. The van der Waals surface area contributed by atoms with Crippen molar-refractivity contribution < 1.29 is 5.11 Å². The number of anilines is 1. The highest BCUT2D eigenvalue weighted by molar-refractivity contribution is 7.24. The summed E-state index contributed by atoms with van der Waals surface area (Å²) in [7, 11) is 0. The number of hydrogen-bond acceptors (Lipinski definition) is 5. The number of aryl methyl sites for hydroxylation is 1. The first-order chi connectivity index (χ1) is 13.2. The highest BCUT2D eigenvalue weighted by atomic mass is 35.5. The molecule has 1 heterocycles. The molecule has 0 aliphatic carbocycles. The van der Waals surface area contributed by atoms with Gasteiger partial charge in [0.25, 0.3) is 0 Å². The summed E-state index contributed by atoms with van der Waals surface area (Å²) in [4.78, 5) is 15.4. The van der Waals surface area contributed by atoms with Gasteiger partial charge in [-0.3, -0.25) is 9.69 Å². The molecule has 0 amide bonds. The topological polar surface area (TPSA) is 52.6 Å². The Morgan fingerprint density at radius 2 is 1.97 bits per heavy atom. The number of benzene rings is 2. The lowest BCUT2D eigenvalue weighted by molar-refractivity contribution is 0.0392. The molecule has 0 bridgehead atoms. The van der Waals surface area contributed by atoms with E-state index in [-0.39, 0.29) is 17.8 Å². The molecule has 0 aliphatic rings. The van der Waals surface area contributed by atoms with Gasteiger partial charge in [-0.05, 0) is 57.1 Å². The number of nitrogens with one attached hydrogen (secondary N) is 1. The lowest BCUT2D eigenvalue weighted by Crippen LogP contribution is -2.40. The Kier molecular flexibility index (Phi) is 7.93. The van der Waals surface area contributed by atoms with Crippen LogP contribution in [0.15, 0.2) is 35.1 Å². The van der Waals surface area contributed by atoms with Crippen LogP contribution in [-0.4, -0.2) is 41.8 Å². The Bertz CT molecular complexity index is 1060. The minimum atomic E-state index is -0.726. The predicted octanol–water partition coefficient (Wildman–Crippen LogP) is 5.30. The fourth-order valence-electron chi connectivity index (χ4n) is 3.45. The fraction of sp³-hybridized carbons (Fsp3) is 0.409. The van der Waals surface area contributed by atoms with E-state index in [2.05, 4.69) is 17.1 Å². The van der Waals surface area contributed by atoms with Gasteiger partial charge >= 0.3 is 0 Å². The van der Waals surface area contributed by atoms with Crippen molar-refractivity contribution in [2.45, 2.75) is 33.3 Å². The number of hydrogen-bond donors (Lipinski definition) is 2. The number of aliphatic hydroxyl groups is 1. The SMILES string of the molecule is CCN(CCNc1ccc(C)c2sc3cc(Cl)ccc3c(=O)c12)CC(C)(C)O.Cl. The van der Waals surface area contributed by atoms with Gasteiger partial charge in [0.1, 0.15) is 0 Å². The summed E-state index contributed by atoms with van der Waals surface area (Å²) >= 11 is 7.73. The Hall–Kier alpha value is -1.37. The van der Waals surface area contributed by atoms with E-state index < -0.39 is 5.60 Å². The molecular formula is C22H28Cl2N2O2S. The monoisotopic (exact) mass is 454 g/mol. The molecule has 0 fully saturated rings. The average Bonchev–Trinajstić information content (AvgIpc) is 2.61. The van der Waals surface area contributed by atoms with Gasteiger partial charge in [0.05, 0.1) is 11.0 Å². The van der Waals surface area contributed by atoms with Crippen molar-refractivity contribution in [2.75, 3.05) is 31.5 Å². The maximum atomic E-state index is 13.2. The van der Waals surface area contributed by atoms with Crippen LogP contribution in [0, 0.1) is 6.92 Å². The second-order valence-electron chi connectivity index (χ2n) is 7.81. The summed E-state index contributed by atoms with van der Waals surface area (Å²) in [5.74, 6) is 0. The van der Waals surface area contributed by atoms with Crippen LogP contribution in [0.3, 0.4) is 0 Å². The van der Waals surface area contributed by atoms with E-state index in [1.807, 2.05) is 45.0 Å². The largest absolute Gasteiger partial charge is 0.389 e. The van der Waals surface area contributed by atoms with Crippen LogP contribution < -0.4 is 10.7 Å². The summed E-state index contributed by atoms with van der Waals surface area (Å²) in [6, 6.07) is 9.47. The highest BCUT2D eigenvalue weighted by Crippen LogP contribution is 2.32. The third-order valence-electron chi connectivity index (χ3n) is 4.78. The van der Waals surface area contributed by atoms with Crippen molar-refractivity contribution in [1.82, 2.24) is 4.90 Å². The van der Waals surface area contributed by atoms with Gasteiger partial charge in [-0.1, -0.05) is 24.6 Å². The van der Waals surface area contributed by atoms with Crippen LogP contribution in [0.5, 0.6) is 0 Å². The first kappa shape index (κ1) is 23.9. The Labute approximate surface area is 186 Å². The number of rotatable bonds is 7.